The fourth-order valence-electron chi connectivity index (χ4n) is 2.92. The highest BCUT2D eigenvalue weighted by atomic mass is 127. The van der Waals surface area contributed by atoms with Crippen LogP contribution in [0.5, 0.6) is 11.5 Å². The average molecular weight is 510 g/mol. The van der Waals surface area contributed by atoms with Gasteiger partial charge in [-0.05, 0) is 71.5 Å². The number of nitrogens with zero attached hydrogens (tertiary/aromatic N) is 2. The first-order valence-electron chi connectivity index (χ1n) is 9.34. The van der Waals surface area contributed by atoms with E-state index in [-0.39, 0.29) is 0 Å². The molecule has 0 bridgehead atoms. The highest BCUT2D eigenvalue weighted by molar-refractivity contribution is 14.1. The van der Waals surface area contributed by atoms with Crippen molar-refractivity contribution in [3.05, 3.63) is 45.5 Å². The average Bonchev–Trinajstić information content (AvgIpc) is 2.73. The number of morpholine rings is 1. The molecular weight excluding hydrogens is 487 g/mol. The van der Waals surface area contributed by atoms with Crippen molar-refractivity contribution < 1.29 is 24.1 Å². The Kier molecular flexibility index (Phi) is 7.70. The maximum atomic E-state index is 10.8. The first kappa shape index (κ1) is 21.4. The van der Waals surface area contributed by atoms with Crippen LogP contribution in [0.15, 0.2) is 41.4 Å². The number of carbonyl (C=O) groups is 1. The molecule has 29 heavy (non-hydrogen) atoms. The zero-order chi connectivity index (χ0) is 20.6. The summed E-state index contributed by atoms with van der Waals surface area (Å²) in [5.41, 5.74) is 2.86. The van der Waals surface area contributed by atoms with Crippen LogP contribution < -0.4 is 14.4 Å². The summed E-state index contributed by atoms with van der Waals surface area (Å²) in [4.78, 5) is 17.6. The summed E-state index contributed by atoms with van der Waals surface area (Å²) < 4.78 is 17.2. The Morgan fingerprint density at radius 3 is 2.62 bits per heavy atom. The number of carboxylic acid groups (broad SMARTS) is 1. The minimum atomic E-state index is -1.03. The van der Waals surface area contributed by atoms with Gasteiger partial charge in [-0.2, -0.15) is 0 Å². The fraction of sp³-hybridized carbons (Fsp3) is 0.333. The lowest BCUT2D eigenvalue weighted by atomic mass is 10.2. The third kappa shape index (κ3) is 6.07. The van der Waals surface area contributed by atoms with E-state index in [9.17, 15) is 4.79 Å². The van der Waals surface area contributed by atoms with Crippen molar-refractivity contribution in [3.8, 4) is 11.5 Å². The molecule has 0 amide bonds. The lowest BCUT2D eigenvalue weighted by Crippen LogP contribution is -2.36. The molecule has 0 aromatic heterocycles. The maximum Gasteiger partial charge on any atom is 0.341 e. The first-order chi connectivity index (χ1) is 14.1. The predicted octanol–water partition coefficient (Wildman–Crippen LogP) is 3.74. The molecule has 1 fully saturated rings. The van der Waals surface area contributed by atoms with Gasteiger partial charge in [-0.3, -0.25) is 4.99 Å². The molecule has 0 atom stereocenters. The van der Waals surface area contributed by atoms with Crippen molar-refractivity contribution in [3.63, 3.8) is 0 Å². The van der Waals surface area contributed by atoms with Crippen LogP contribution in [-0.2, 0) is 9.53 Å². The summed E-state index contributed by atoms with van der Waals surface area (Å²) in [7, 11) is 0. The molecule has 1 aliphatic rings. The van der Waals surface area contributed by atoms with Gasteiger partial charge in [0.25, 0.3) is 0 Å². The van der Waals surface area contributed by atoms with Crippen molar-refractivity contribution in [2.75, 3.05) is 44.4 Å². The van der Waals surface area contributed by atoms with Gasteiger partial charge in [-0.25, -0.2) is 4.79 Å². The van der Waals surface area contributed by atoms with Crippen LogP contribution in [0.25, 0.3) is 0 Å². The quantitative estimate of drug-likeness (QED) is 0.431. The minimum Gasteiger partial charge on any atom is -0.490 e. The second kappa shape index (κ2) is 10.4. The second-order valence-corrected chi connectivity index (χ2v) is 7.48. The molecule has 1 heterocycles. The van der Waals surface area contributed by atoms with E-state index in [0.717, 1.165) is 41.1 Å². The summed E-state index contributed by atoms with van der Waals surface area (Å²) >= 11 is 2.11. The number of hydrogen-bond donors (Lipinski definition) is 1. The van der Waals surface area contributed by atoms with Crippen LogP contribution in [-0.4, -0.2) is 56.8 Å². The minimum absolute atomic E-state index is 0.418. The van der Waals surface area contributed by atoms with Crippen LogP contribution in [0, 0.1) is 3.57 Å². The lowest BCUT2D eigenvalue weighted by molar-refractivity contribution is -0.139. The van der Waals surface area contributed by atoms with Gasteiger partial charge in [0.05, 0.1) is 29.1 Å². The van der Waals surface area contributed by atoms with Crippen LogP contribution >= 0.6 is 22.6 Å². The van der Waals surface area contributed by atoms with Gasteiger partial charge in [-0.1, -0.05) is 0 Å². The van der Waals surface area contributed by atoms with Crippen LogP contribution in [0.3, 0.4) is 0 Å². The molecule has 8 heteroatoms. The smallest absolute Gasteiger partial charge is 0.341 e. The summed E-state index contributed by atoms with van der Waals surface area (Å²) in [6.45, 7) is 5.21. The maximum absolute atomic E-state index is 10.8. The van der Waals surface area contributed by atoms with Gasteiger partial charge < -0.3 is 24.2 Å². The van der Waals surface area contributed by atoms with E-state index in [1.54, 1.807) is 12.3 Å². The Bertz CT molecular complexity index is 864. The summed E-state index contributed by atoms with van der Waals surface area (Å²) in [6, 6.07) is 11.8. The van der Waals surface area contributed by atoms with E-state index in [0.29, 0.717) is 18.1 Å². The molecule has 3 rings (SSSR count). The van der Waals surface area contributed by atoms with Gasteiger partial charge in [-0.15, -0.1) is 0 Å². The number of aliphatic carboxylic acids is 1. The largest absolute Gasteiger partial charge is 0.490 e. The van der Waals surface area contributed by atoms with E-state index >= 15 is 0 Å². The number of carboxylic acids is 1. The monoisotopic (exact) mass is 510 g/mol. The van der Waals surface area contributed by atoms with Gasteiger partial charge in [0.15, 0.2) is 18.1 Å². The molecule has 154 valence electrons. The standard InChI is InChI=1S/C21H23IN2O5/c1-2-28-19-12-15(11-18(22)21(19)29-14-20(25)26)13-23-16-3-5-17(6-4-16)24-7-9-27-10-8-24/h3-6,11-13H,2,7-10,14H2,1H3,(H,25,26). The molecule has 2 aromatic rings. The molecule has 7 nitrogen and oxygen atoms in total. The Balaban J connectivity index is 1.74. The highest BCUT2D eigenvalue weighted by Crippen LogP contribution is 2.34. The van der Waals surface area contributed by atoms with Crippen molar-refractivity contribution in [2.45, 2.75) is 6.92 Å². The van der Waals surface area contributed by atoms with Crippen molar-refractivity contribution >= 4 is 46.1 Å². The number of anilines is 1. The van der Waals surface area contributed by atoms with Crippen LogP contribution in [0.1, 0.15) is 12.5 Å². The number of hydrogen-bond acceptors (Lipinski definition) is 6. The van der Waals surface area contributed by atoms with Crippen molar-refractivity contribution in [2.24, 2.45) is 4.99 Å². The van der Waals surface area contributed by atoms with E-state index in [1.807, 2.05) is 25.1 Å². The molecule has 0 spiro atoms. The van der Waals surface area contributed by atoms with E-state index < -0.39 is 12.6 Å². The summed E-state index contributed by atoms with van der Waals surface area (Å²) in [5.74, 6) is -0.0963. The van der Waals surface area contributed by atoms with Gasteiger partial charge in [0.2, 0.25) is 0 Å². The Hall–Kier alpha value is -2.33. The number of halogens is 1. The van der Waals surface area contributed by atoms with Crippen LogP contribution in [0.4, 0.5) is 11.4 Å². The molecule has 0 unspecified atom stereocenters. The Morgan fingerprint density at radius 1 is 1.24 bits per heavy atom. The van der Waals surface area contributed by atoms with E-state index in [1.165, 1.54) is 5.69 Å². The van der Waals surface area contributed by atoms with Crippen LogP contribution in [0.2, 0.25) is 0 Å². The molecular formula is C21H23IN2O5. The molecule has 0 saturated carbocycles. The first-order valence-corrected chi connectivity index (χ1v) is 10.4. The summed E-state index contributed by atoms with van der Waals surface area (Å²) in [5, 5.41) is 8.86. The molecule has 0 radical (unpaired) electrons. The number of rotatable bonds is 8. The molecule has 0 aliphatic carbocycles. The number of ether oxygens (including phenoxy) is 3. The predicted molar refractivity (Wildman–Crippen MR) is 120 cm³/mol. The molecule has 1 saturated heterocycles. The number of aliphatic imine (C=N–C) groups is 1. The Labute approximate surface area is 183 Å². The highest BCUT2D eigenvalue weighted by Gasteiger charge is 2.13. The zero-order valence-electron chi connectivity index (χ0n) is 16.1. The van der Waals surface area contributed by atoms with Gasteiger partial charge in [0.1, 0.15) is 0 Å². The lowest BCUT2D eigenvalue weighted by Gasteiger charge is -2.28. The third-order valence-electron chi connectivity index (χ3n) is 4.26. The number of benzene rings is 2. The van der Waals surface area contributed by atoms with E-state index in [2.05, 4.69) is 44.6 Å². The van der Waals surface area contributed by atoms with Crippen molar-refractivity contribution in [1.82, 2.24) is 0 Å². The zero-order valence-corrected chi connectivity index (χ0v) is 18.3. The van der Waals surface area contributed by atoms with Gasteiger partial charge >= 0.3 is 5.97 Å². The van der Waals surface area contributed by atoms with Crippen molar-refractivity contribution in [1.29, 1.82) is 0 Å². The Morgan fingerprint density at radius 2 is 1.97 bits per heavy atom. The summed E-state index contributed by atoms with van der Waals surface area (Å²) in [6.07, 6.45) is 1.76. The topological polar surface area (TPSA) is 80.6 Å². The third-order valence-corrected chi connectivity index (χ3v) is 5.06. The SMILES string of the molecule is CCOc1cc(C=Nc2ccc(N3CCOCC3)cc2)cc(I)c1OCC(=O)O. The molecule has 1 aliphatic heterocycles. The normalized spacial score (nSPS) is 14.2. The van der Waals surface area contributed by atoms with E-state index in [4.69, 9.17) is 19.3 Å². The fourth-order valence-corrected chi connectivity index (χ4v) is 3.70. The molecule has 2 aromatic carbocycles. The molecule has 1 N–H and O–H groups in total. The van der Waals surface area contributed by atoms with Gasteiger partial charge in [0, 0.05) is 25.0 Å². The second-order valence-electron chi connectivity index (χ2n) is 6.32.